The number of aryl methyl sites for hydroxylation is 1. The summed E-state index contributed by atoms with van der Waals surface area (Å²) in [4.78, 5) is 4.51. The summed E-state index contributed by atoms with van der Waals surface area (Å²) < 4.78 is 22.2. The standard InChI is InChI=1S/C19H22N2O4/c1-11-5-6-12(7-14(11)20)19-21-10-17(25-19)13-8-15(22-2)18(24-4)16(9-13)23-3/h5-9,17H,10,20H2,1-4H3. The summed E-state index contributed by atoms with van der Waals surface area (Å²) in [6, 6.07) is 9.57. The predicted molar refractivity (Wildman–Crippen MR) is 96.9 cm³/mol. The molecule has 132 valence electrons. The molecule has 2 aromatic rings. The smallest absolute Gasteiger partial charge is 0.216 e. The molecular formula is C19H22N2O4. The van der Waals surface area contributed by atoms with Gasteiger partial charge in [0, 0.05) is 16.8 Å². The number of nitrogen functional groups attached to an aromatic ring is 1. The Labute approximate surface area is 147 Å². The van der Waals surface area contributed by atoms with E-state index in [-0.39, 0.29) is 6.10 Å². The van der Waals surface area contributed by atoms with E-state index in [1.807, 2.05) is 37.3 Å². The van der Waals surface area contributed by atoms with E-state index in [9.17, 15) is 0 Å². The summed E-state index contributed by atoms with van der Waals surface area (Å²) in [6.07, 6.45) is -0.216. The van der Waals surface area contributed by atoms with Crippen molar-refractivity contribution in [1.82, 2.24) is 0 Å². The lowest BCUT2D eigenvalue weighted by Gasteiger charge is -2.17. The second kappa shape index (κ2) is 6.93. The molecule has 1 heterocycles. The van der Waals surface area contributed by atoms with Gasteiger partial charge in [-0.1, -0.05) is 6.07 Å². The number of nitrogens with zero attached hydrogens (tertiary/aromatic N) is 1. The van der Waals surface area contributed by atoms with Crippen molar-refractivity contribution in [3.8, 4) is 17.2 Å². The minimum Gasteiger partial charge on any atom is -0.493 e. The van der Waals surface area contributed by atoms with Gasteiger partial charge >= 0.3 is 0 Å². The number of hydrogen-bond donors (Lipinski definition) is 1. The predicted octanol–water partition coefficient (Wildman–Crippen LogP) is 3.12. The van der Waals surface area contributed by atoms with Crippen molar-refractivity contribution < 1.29 is 18.9 Å². The average molecular weight is 342 g/mol. The molecule has 1 unspecified atom stereocenters. The molecule has 2 aromatic carbocycles. The highest BCUT2D eigenvalue weighted by molar-refractivity contribution is 5.96. The van der Waals surface area contributed by atoms with Crippen LogP contribution in [0.3, 0.4) is 0 Å². The van der Waals surface area contributed by atoms with Crippen molar-refractivity contribution in [2.75, 3.05) is 33.6 Å². The van der Waals surface area contributed by atoms with Crippen LogP contribution in [-0.4, -0.2) is 33.8 Å². The number of benzene rings is 2. The summed E-state index contributed by atoms with van der Waals surface area (Å²) in [5, 5.41) is 0. The highest BCUT2D eigenvalue weighted by atomic mass is 16.5. The molecule has 0 bridgehead atoms. The highest BCUT2D eigenvalue weighted by Crippen LogP contribution is 2.41. The summed E-state index contributed by atoms with van der Waals surface area (Å²) in [7, 11) is 4.76. The third kappa shape index (κ3) is 3.20. The van der Waals surface area contributed by atoms with Gasteiger partial charge in [-0.3, -0.25) is 0 Å². The van der Waals surface area contributed by atoms with Crippen molar-refractivity contribution in [3.63, 3.8) is 0 Å². The van der Waals surface area contributed by atoms with Crippen molar-refractivity contribution in [1.29, 1.82) is 0 Å². The zero-order chi connectivity index (χ0) is 18.0. The molecule has 0 fully saturated rings. The zero-order valence-corrected chi connectivity index (χ0v) is 14.8. The van der Waals surface area contributed by atoms with Crippen LogP contribution < -0.4 is 19.9 Å². The highest BCUT2D eigenvalue weighted by Gasteiger charge is 2.26. The molecule has 0 aromatic heterocycles. The van der Waals surface area contributed by atoms with Crippen molar-refractivity contribution in [2.45, 2.75) is 13.0 Å². The monoisotopic (exact) mass is 342 g/mol. The van der Waals surface area contributed by atoms with Gasteiger partial charge in [0.2, 0.25) is 11.6 Å². The van der Waals surface area contributed by atoms with Gasteiger partial charge in [0.1, 0.15) is 6.10 Å². The Balaban J connectivity index is 1.86. The molecule has 6 nitrogen and oxygen atoms in total. The van der Waals surface area contributed by atoms with Gasteiger partial charge in [-0.05, 0) is 36.8 Å². The molecule has 0 saturated heterocycles. The lowest BCUT2D eigenvalue weighted by molar-refractivity contribution is 0.228. The fraction of sp³-hybridized carbons (Fsp3) is 0.316. The SMILES string of the molecule is COc1cc(C2CN=C(c3ccc(C)c(N)c3)O2)cc(OC)c1OC. The topological polar surface area (TPSA) is 75.3 Å². The van der Waals surface area contributed by atoms with Crippen LogP contribution in [0.15, 0.2) is 35.3 Å². The number of rotatable bonds is 5. The Morgan fingerprint density at radius 2 is 1.72 bits per heavy atom. The molecule has 6 heteroatoms. The van der Waals surface area contributed by atoms with Crippen LogP contribution in [0.4, 0.5) is 5.69 Å². The van der Waals surface area contributed by atoms with Gasteiger partial charge in [0.15, 0.2) is 11.5 Å². The van der Waals surface area contributed by atoms with Crippen molar-refractivity contribution >= 4 is 11.6 Å². The Morgan fingerprint density at radius 1 is 1.04 bits per heavy atom. The molecule has 0 radical (unpaired) electrons. The quantitative estimate of drug-likeness (QED) is 0.845. The lowest BCUT2D eigenvalue weighted by Crippen LogP contribution is -2.08. The van der Waals surface area contributed by atoms with Crippen LogP contribution in [0, 0.1) is 6.92 Å². The lowest BCUT2D eigenvalue weighted by atomic mass is 10.1. The van der Waals surface area contributed by atoms with Gasteiger partial charge in [-0.25, -0.2) is 4.99 Å². The minimum atomic E-state index is -0.216. The fourth-order valence-electron chi connectivity index (χ4n) is 2.77. The van der Waals surface area contributed by atoms with E-state index in [1.54, 1.807) is 21.3 Å². The summed E-state index contributed by atoms with van der Waals surface area (Å²) in [5.41, 5.74) is 9.52. The van der Waals surface area contributed by atoms with Crippen LogP contribution in [0.5, 0.6) is 17.2 Å². The first-order valence-electron chi connectivity index (χ1n) is 7.95. The van der Waals surface area contributed by atoms with Gasteiger partial charge in [-0.2, -0.15) is 0 Å². The summed E-state index contributed by atoms with van der Waals surface area (Å²) in [5.74, 6) is 2.33. The first kappa shape index (κ1) is 17.0. The maximum atomic E-state index is 6.04. The van der Waals surface area contributed by atoms with E-state index in [0.29, 0.717) is 29.7 Å². The summed E-state index contributed by atoms with van der Waals surface area (Å²) >= 11 is 0. The van der Waals surface area contributed by atoms with Crippen LogP contribution >= 0.6 is 0 Å². The van der Waals surface area contributed by atoms with Gasteiger partial charge in [0.25, 0.3) is 0 Å². The first-order chi connectivity index (χ1) is 12.1. The van der Waals surface area contributed by atoms with Crippen LogP contribution in [0.2, 0.25) is 0 Å². The average Bonchev–Trinajstić information content (AvgIpc) is 3.12. The number of methoxy groups -OCH3 is 3. The van der Waals surface area contributed by atoms with Crippen molar-refractivity contribution in [2.24, 2.45) is 4.99 Å². The van der Waals surface area contributed by atoms with Crippen LogP contribution in [0.1, 0.15) is 22.8 Å². The number of anilines is 1. The largest absolute Gasteiger partial charge is 0.493 e. The molecule has 3 rings (SSSR count). The molecule has 1 aliphatic heterocycles. The van der Waals surface area contributed by atoms with E-state index in [0.717, 1.165) is 22.4 Å². The molecule has 0 amide bonds. The maximum Gasteiger partial charge on any atom is 0.216 e. The number of hydrogen-bond acceptors (Lipinski definition) is 6. The van der Waals surface area contributed by atoms with Crippen LogP contribution in [-0.2, 0) is 4.74 Å². The Hall–Kier alpha value is -2.89. The van der Waals surface area contributed by atoms with E-state index in [4.69, 9.17) is 24.7 Å². The fourth-order valence-corrected chi connectivity index (χ4v) is 2.77. The van der Waals surface area contributed by atoms with E-state index >= 15 is 0 Å². The minimum absolute atomic E-state index is 0.216. The van der Waals surface area contributed by atoms with E-state index < -0.39 is 0 Å². The maximum absolute atomic E-state index is 6.04. The molecule has 1 aliphatic rings. The van der Waals surface area contributed by atoms with Gasteiger partial charge in [0.05, 0.1) is 27.9 Å². The second-order valence-electron chi connectivity index (χ2n) is 5.78. The van der Waals surface area contributed by atoms with Crippen molar-refractivity contribution in [3.05, 3.63) is 47.0 Å². The normalized spacial score (nSPS) is 16.2. The third-order valence-electron chi connectivity index (χ3n) is 4.24. The molecule has 1 atom stereocenters. The number of aliphatic imine (C=N–C) groups is 1. The van der Waals surface area contributed by atoms with Gasteiger partial charge in [-0.15, -0.1) is 0 Å². The van der Waals surface area contributed by atoms with Gasteiger partial charge < -0.3 is 24.7 Å². The molecule has 0 saturated carbocycles. The molecule has 25 heavy (non-hydrogen) atoms. The Morgan fingerprint density at radius 3 is 2.28 bits per heavy atom. The first-order valence-corrected chi connectivity index (χ1v) is 7.95. The number of nitrogens with two attached hydrogens (primary N) is 1. The third-order valence-corrected chi connectivity index (χ3v) is 4.24. The molecular weight excluding hydrogens is 320 g/mol. The Bertz CT molecular complexity index is 792. The second-order valence-corrected chi connectivity index (χ2v) is 5.78. The van der Waals surface area contributed by atoms with E-state index in [2.05, 4.69) is 4.99 Å². The zero-order valence-electron chi connectivity index (χ0n) is 14.8. The Kier molecular flexibility index (Phi) is 4.70. The summed E-state index contributed by atoms with van der Waals surface area (Å²) in [6.45, 7) is 2.48. The molecule has 0 aliphatic carbocycles. The molecule has 2 N–H and O–H groups in total. The van der Waals surface area contributed by atoms with E-state index in [1.165, 1.54) is 0 Å². The molecule has 0 spiro atoms. The number of ether oxygens (including phenoxy) is 4. The van der Waals surface area contributed by atoms with Crippen LogP contribution in [0.25, 0.3) is 0 Å².